The van der Waals surface area contributed by atoms with Gasteiger partial charge in [-0.05, 0) is 36.5 Å². The molecule has 4 rings (SSSR count). The van der Waals surface area contributed by atoms with E-state index in [4.69, 9.17) is 4.74 Å². The lowest BCUT2D eigenvalue weighted by molar-refractivity contribution is -0.122. The van der Waals surface area contributed by atoms with Crippen LogP contribution in [0, 0.1) is 5.92 Å². The van der Waals surface area contributed by atoms with Crippen molar-refractivity contribution < 1.29 is 9.53 Å². The maximum atomic E-state index is 12.1. The van der Waals surface area contributed by atoms with Gasteiger partial charge in [0.05, 0.1) is 19.3 Å². The van der Waals surface area contributed by atoms with Gasteiger partial charge in [0.15, 0.2) is 0 Å². The maximum Gasteiger partial charge on any atom is 0.223 e. The van der Waals surface area contributed by atoms with E-state index in [0.717, 1.165) is 52.1 Å². The molecule has 5 heteroatoms. The molecule has 1 atom stereocenters. The number of nitrogens with zero attached hydrogens (tertiary/aromatic N) is 2. The van der Waals surface area contributed by atoms with Gasteiger partial charge in [-0.3, -0.25) is 9.69 Å². The minimum absolute atomic E-state index is 0.231. The summed E-state index contributed by atoms with van der Waals surface area (Å²) in [5.74, 6) is 0.498. The lowest BCUT2D eigenvalue weighted by Gasteiger charge is -2.35. The zero-order valence-electron chi connectivity index (χ0n) is 14.5. The molecule has 2 aliphatic heterocycles. The lowest BCUT2D eigenvalue weighted by Crippen LogP contribution is -2.44. The van der Waals surface area contributed by atoms with Crippen LogP contribution < -0.4 is 10.2 Å². The molecule has 1 aliphatic carbocycles. The molecule has 0 radical (unpaired) electrons. The largest absolute Gasteiger partial charge is 0.379 e. The number of likely N-dealkylation sites (N-methyl/N-ethyl adjacent to an activating group) is 1. The first-order chi connectivity index (χ1) is 11.7. The third-order valence-electron chi connectivity index (χ3n) is 5.52. The van der Waals surface area contributed by atoms with Gasteiger partial charge in [-0.25, -0.2) is 0 Å². The summed E-state index contributed by atoms with van der Waals surface area (Å²) in [7, 11) is 2.15. The van der Waals surface area contributed by atoms with Gasteiger partial charge in [0.2, 0.25) is 5.91 Å². The number of amides is 1. The van der Waals surface area contributed by atoms with Gasteiger partial charge in [-0.2, -0.15) is 0 Å². The Kier molecular flexibility index (Phi) is 4.46. The highest BCUT2D eigenvalue weighted by Crippen LogP contribution is 2.32. The summed E-state index contributed by atoms with van der Waals surface area (Å²) in [5.41, 5.74) is 4.10. The second-order valence-corrected chi connectivity index (χ2v) is 7.24. The molecule has 5 nitrogen and oxygen atoms in total. The van der Waals surface area contributed by atoms with Crippen LogP contribution in [-0.4, -0.2) is 57.2 Å². The maximum absolute atomic E-state index is 12.1. The molecule has 3 aliphatic rings. The SMILES string of the molecule is CN1CCc2cc([C@@H](CNC(=O)C3CC3)N3CCOCC3)ccc21. The van der Waals surface area contributed by atoms with Gasteiger partial charge in [0.1, 0.15) is 0 Å². The standard InChI is InChI=1S/C19H27N3O2/c1-21-7-6-16-12-15(4-5-17(16)21)18(22-8-10-24-11-9-22)13-20-19(23)14-2-3-14/h4-5,12,14,18H,2-3,6-11,13H2,1H3,(H,20,23)/t18-/m1/s1. The summed E-state index contributed by atoms with van der Waals surface area (Å²) < 4.78 is 5.51. The van der Waals surface area contributed by atoms with Crippen LogP contribution in [0.5, 0.6) is 0 Å². The number of rotatable bonds is 5. The molecule has 130 valence electrons. The van der Waals surface area contributed by atoms with E-state index in [1.807, 2.05) is 0 Å². The molecule has 2 heterocycles. The van der Waals surface area contributed by atoms with Crippen LogP contribution in [0.1, 0.15) is 30.0 Å². The highest BCUT2D eigenvalue weighted by atomic mass is 16.5. The van der Waals surface area contributed by atoms with Crippen LogP contribution >= 0.6 is 0 Å². The number of nitrogens with one attached hydrogen (secondary N) is 1. The molecule has 1 saturated heterocycles. The Balaban J connectivity index is 1.53. The van der Waals surface area contributed by atoms with E-state index < -0.39 is 0 Å². The number of hydrogen-bond donors (Lipinski definition) is 1. The Morgan fingerprint density at radius 2 is 2.08 bits per heavy atom. The van der Waals surface area contributed by atoms with Crippen molar-refractivity contribution in [2.45, 2.75) is 25.3 Å². The van der Waals surface area contributed by atoms with Crippen LogP contribution in [0.25, 0.3) is 0 Å². The molecule has 1 saturated carbocycles. The van der Waals surface area contributed by atoms with Crippen molar-refractivity contribution in [2.75, 3.05) is 51.3 Å². The van der Waals surface area contributed by atoms with E-state index in [9.17, 15) is 4.79 Å². The smallest absolute Gasteiger partial charge is 0.223 e. The first-order valence-electron chi connectivity index (χ1n) is 9.16. The first-order valence-corrected chi connectivity index (χ1v) is 9.16. The number of ether oxygens (including phenoxy) is 1. The first kappa shape index (κ1) is 15.9. The number of hydrogen-bond acceptors (Lipinski definition) is 4. The Labute approximate surface area is 144 Å². The molecule has 24 heavy (non-hydrogen) atoms. The van der Waals surface area contributed by atoms with E-state index in [0.29, 0.717) is 6.54 Å². The molecule has 0 bridgehead atoms. The summed E-state index contributed by atoms with van der Waals surface area (Å²) in [6.45, 7) is 5.22. The molecule has 0 unspecified atom stereocenters. The minimum Gasteiger partial charge on any atom is -0.379 e. The summed E-state index contributed by atoms with van der Waals surface area (Å²) >= 11 is 0. The third kappa shape index (κ3) is 3.28. The van der Waals surface area contributed by atoms with Crippen molar-refractivity contribution in [3.05, 3.63) is 29.3 Å². The van der Waals surface area contributed by atoms with E-state index in [1.54, 1.807) is 0 Å². The summed E-state index contributed by atoms with van der Waals surface area (Å²) in [4.78, 5) is 16.9. The molecule has 1 aromatic carbocycles. The highest BCUT2D eigenvalue weighted by Gasteiger charge is 2.31. The minimum atomic E-state index is 0.231. The van der Waals surface area contributed by atoms with Gasteiger partial charge in [0.25, 0.3) is 0 Å². The number of carbonyl (C=O) groups excluding carboxylic acids is 1. The molecule has 0 aromatic heterocycles. The summed E-state index contributed by atoms with van der Waals surface area (Å²) in [5, 5.41) is 3.19. The lowest BCUT2D eigenvalue weighted by atomic mass is 10.0. The molecule has 1 aromatic rings. The number of morpholine rings is 1. The monoisotopic (exact) mass is 329 g/mol. The van der Waals surface area contributed by atoms with Crippen LogP contribution in [0.2, 0.25) is 0 Å². The van der Waals surface area contributed by atoms with Gasteiger partial charge < -0.3 is 15.0 Å². The average molecular weight is 329 g/mol. The van der Waals surface area contributed by atoms with Gasteiger partial charge in [-0.1, -0.05) is 12.1 Å². The normalized spacial score (nSPS) is 22.3. The molecule has 0 spiro atoms. The van der Waals surface area contributed by atoms with E-state index in [1.165, 1.54) is 16.8 Å². The van der Waals surface area contributed by atoms with Crippen molar-refractivity contribution in [2.24, 2.45) is 5.92 Å². The molecule has 1 N–H and O–H groups in total. The zero-order chi connectivity index (χ0) is 16.5. The second-order valence-electron chi connectivity index (χ2n) is 7.24. The fraction of sp³-hybridized carbons (Fsp3) is 0.632. The fourth-order valence-electron chi connectivity index (χ4n) is 3.83. The van der Waals surface area contributed by atoms with Crippen LogP contribution in [0.15, 0.2) is 18.2 Å². The molecular weight excluding hydrogens is 302 g/mol. The Hall–Kier alpha value is -1.59. The average Bonchev–Trinajstić information content (AvgIpc) is 3.40. The summed E-state index contributed by atoms with van der Waals surface area (Å²) in [6.07, 6.45) is 3.22. The van der Waals surface area contributed by atoms with Crippen molar-refractivity contribution in [1.29, 1.82) is 0 Å². The summed E-state index contributed by atoms with van der Waals surface area (Å²) in [6, 6.07) is 7.08. The Morgan fingerprint density at radius 1 is 1.29 bits per heavy atom. The number of benzene rings is 1. The van der Waals surface area contributed by atoms with Crippen molar-refractivity contribution in [3.63, 3.8) is 0 Å². The number of fused-ring (bicyclic) bond motifs is 1. The van der Waals surface area contributed by atoms with Crippen molar-refractivity contribution in [1.82, 2.24) is 10.2 Å². The van der Waals surface area contributed by atoms with Crippen molar-refractivity contribution >= 4 is 11.6 Å². The third-order valence-corrected chi connectivity index (χ3v) is 5.52. The van der Waals surface area contributed by atoms with Crippen LogP contribution in [0.3, 0.4) is 0 Å². The van der Waals surface area contributed by atoms with Gasteiger partial charge in [0, 0.05) is 44.8 Å². The van der Waals surface area contributed by atoms with Crippen LogP contribution in [0.4, 0.5) is 5.69 Å². The second kappa shape index (κ2) is 6.73. The number of carbonyl (C=O) groups is 1. The van der Waals surface area contributed by atoms with E-state index >= 15 is 0 Å². The van der Waals surface area contributed by atoms with Crippen molar-refractivity contribution in [3.8, 4) is 0 Å². The van der Waals surface area contributed by atoms with Gasteiger partial charge >= 0.3 is 0 Å². The predicted octanol–water partition coefficient (Wildman–Crippen LogP) is 1.58. The fourth-order valence-corrected chi connectivity index (χ4v) is 3.83. The van der Waals surface area contributed by atoms with E-state index in [2.05, 4.69) is 40.4 Å². The van der Waals surface area contributed by atoms with E-state index in [-0.39, 0.29) is 17.9 Å². The Morgan fingerprint density at radius 3 is 2.83 bits per heavy atom. The predicted molar refractivity (Wildman–Crippen MR) is 94.3 cm³/mol. The molecule has 1 amide bonds. The van der Waals surface area contributed by atoms with Crippen LogP contribution in [-0.2, 0) is 16.0 Å². The topological polar surface area (TPSA) is 44.8 Å². The quantitative estimate of drug-likeness (QED) is 0.891. The molecule has 2 fully saturated rings. The van der Waals surface area contributed by atoms with Gasteiger partial charge in [-0.15, -0.1) is 0 Å². The zero-order valence-corrected chi connectivity index (χ0v) is 14.5. The Bertz CT molecular complexity index is 609. The highest BCUT2D eigenvalue weighted by molar-refractivity contribution is 5.80. The molecular formula is C19H27N3O2. The number of anilines is 1.